The molecule has 8 heteroatoms. The molecule has 1 aromatic rings. The van der Waals surface area contributed by atoms with Crippen LogP contribution >= 0.6 is 34.2 Å². The number of nitro benzene ring substituents is 1. The Morgan fingerprint density at radius 2 is 2.00 bits per heavy atom. The summed E-state index contributed by atoms with van der Waals surface area (Å²) in [6, 6.07) is 4.07. The minimum absolute atomic E-state index is 0.0182. The molecule has 0 saturated heterocycles. The van der Waals surface area contributed by atoms with Crippen molar-refractivity contribution in [1.82, 2.24) is 0 Å². The fraction of sp³-hybridized carbons (Fsp3) is 0.533. The number of nitrogens with zero attached hydrogens (tertiary/aromatic N) is 1. The van der Waals surface area contributed by atoms with E-state index in [2.05, 4.69) is 0 Å². The first kappa shape index (κ1) is 18.4. The Hall–Kier alpha value is -0.930. The number of nitro groups is 1. The van der Waals surface area contributed by atoms with Gasteiger partial charge in [-0.3, -0.25) is 14.9 Å². The number of rotatable bonds is 5. The minimum atomic E-state index is -1.58. The summed E-state index contributed by atoms with van der Waals surface area (Å²) < 4.78 is 4.70. The molecule has 1 saturated carbocycles. The molecule has 0 amide bonds. The number of hydrogen-bond donors (Lipinski definition) is 1. The van der Waals surface area contributed by atoms with E-state index >= 15 is 0 Å². The van der Waals surface area contributed by atoms with E-state index in [9.17, 15) is 20.0 Å². The minimum Gasteiger partial charge on any atom is -0.448 e. The van der Waals surface area contributed by atoms with Crippen molar-refractivity contribution < 1.29 is 19.6 Å². The SMILES string of the molecule is CC(C)(I)OC(=O)C1(C(C)(O)c2ccc(Cl)c([N+](=O)[O-])c2)CC1. The van der Waals surface area contributed by atoms with Crippen LogP contribution in [0.15, 0.2) is 18.2 Å². The van der Waals surface area contributed by atoms with Crippen molar-refractivity contribution in [3.8, 4) is 0 Å². The lowest BCUT2D eigenvalue weighted by atomic mass is 9.79. The summed E-state index contributed by atoms with van der Waals surface area (Å²) in [6.07, 6.45) is 0.921. The van der Waals surface area contributed by atoms with Gasteiger partial charge >= 0.3 is 5.97 Å². The number of alkyl halides is 1. The number of aliphatic hydroxyl groups is 1. The Bertz CT molecular complexity index is 664. The predicted octanol–water partition coefficient (Wildman–Crippen LogP) is 3.95. The number of hydrogen-bond acceptors (Lipinski definition) is 5. The summed E-state index contributed by atoms with van der Waals surface area (Å²) >= 11 is 7.79. The Morgan fingerprint density at radius 3 is 2.43 bits per heavy atom. The molecule has 126 valence electrons. The second-order valence-corrected chi connectivity index (χ2v) is 9.34. The van der Waals surface area contributed by atoms with Crippen LogP contribution in [0, 0.1) is 15.5 Å². The molecule has 0 aromatic heterocycles. The average Bonchev–Trinajstić information content (AvgIpc) is 3.18. The maximum Gasteiger partial charge on any atom is 0.316 e. The van der Waals surface area contributed by atoms with Gasteiger partial charge in [0.25, 0.3) is 5.69 Å². The highest BCUT2D eigenvalue weighted by Gasteiger charge is 2.64. The third-order valence-corrected chi connectivity index (χ3v) is 4.65. The van der Waals surface area contributed by atoms with E-state index in [0.29, 0.717) is 12.8 Å². The van der Waals surface area contributed by atoms with E-state index < -0.39 is 25.5 Å². The molecule has 1 unspecified atom stereocenters. The van der Waals surface area contributed by atoms with Gasteiger partial charge in [0.05, 0.1) is 4.92 Å². The lowest BCUT2D eigenvalue weighted by molar-refractivity contribution is -0.384. The summed E-state index contributed by atoms with van der Waals surface area (Å²) in [5.41, 5.74) is -2.70. The van der Waals surface area contributed by atoms with Gasteiger partial charge in [0.2, 0.25) is 0 Å². The highest BCUT2D eigenvalue weighted by molar-refractivity contribution is 14.1. The molecule has 0 heterocycles. The Labute approximate surface area is 152 Å². The molecule has 23 heavy (non-hydrogen) atoms. The van der Waals surface area contributed by atoms with E-state index in [0.717, 1.165) is 0 Å². The van der Waals surface area contributed by atoms with Gasteiger partial charge in [-0.1, -0.05) is 17.7 Å². The van der Waals surface area contributed by atoms with Crippen molar-refractivity contribution in [2.75, 3.05) is 0 Å². The molecular formula is C15H17ClINO5. The Kier molecular flexibility index (Phi) is 4.69. The summed E-state index contributed by atoms with van der Waals surface area (Å²) in [4.78, 5) is 22.9. The predicted molar refractivity (Wildman–Crippen MR) is 93.5 cm³/mol. The van der Waals surface area contributed by atoms with Crippen molar-refractivity contribution in [2.45, 2.75) is 42.8 Å². The van der Waals surface area contributed by atoms with E-state index in [4.69, 9.17) is 16.3 Å². The van der Waals surface area contributed by atoms with E-state index in [1.807, 2.05) is 22.6 Å². The standard InChI is InChI=1S/C15H17ClINO5/c1-13(2,17)23-12(19)15(6-7-15)14(3,20)9-4-5-10(16)11(8-9)18(21)22/h4-5,8,20H,6-7H2,1-3H3. The fourth-order valence-corrected chi connectivity index (χ4v) is 2.95. The van der Waals surface area contributed by atoms with Gasteiger partial charge in [-0.05, 0) is 67.8 Å². The van der Waals surface area contributed by atoms with Gasteiger partial charge < -0.3 is 9.84 Å². The van der Waals surface area contributed by atoms with Crippen LogP contribution in [-0.2, 0) is 15.1 Å². The smallest absolute Gasteiger partial charge is 0.316 e. The maximum absolute atomic E-state index is 12.5. The number of ether oxygens (including phenoxy) is 1. The third-order valence-electron chi connectivity index (χ3n) is 4.11. The summed E-state index contributed by atoms with van der Waals surface area (Å²) in [7, 11) is 0. The van der Waals surface area contributed by atoms with Crippen molar-refractivity contribution in [3.05, 3.63) is 38.9 Å². The maximum atomic E-state index is 12.5. The fourth-order valence-electron chi connectivity index (χ4n) is 2.56. The first-order valence-corrected chi connectivity index (χ1v) is 8.45. The van der Waals surface area contributed by atoms with Crippen LogP contribution < -0.4 is 0 Å². The molecule has 2 rings (SSSR count). The van der Waals surface area contributed by atoms with E-state index in [-0.39, 0.29) is 16.3 Å². The van der Waals surface area contributed by atoms with Gasteiger partial charge in [-0.2, -0.15) is 0 Å². The number of halogens is 2. The van der Waals surface area contributed by atoms with Crippen LogP contribution in [0.5, 0.6) is 0 Å². The highest BCUT2D eigenvalue weighted by atomic mass is 127. The first-order chi connectivity index (χ1) is 10.4. The average molecular weight is 454 g/mol. The zero-order valence-electron chi connectivity index (χ0n) is 12.9. The number of benzene rings is 1. The molecule has 0 radical (unpaired) electrons. The van der Waals surface area contributed by atoms with E-state index in [1.54, 1.807) is 13.8 Å². The summed E-state index contributed by atoms with van der Waals surface area (Å²) in [6.45, 7) is 4.96. The zero-order chi connectivity index (χ0) is 17.6. The van der Waals surface area contributed by atoms with Crippen LogP contribution in [0.25, 0.3) is 0 Å². The van der Waals surface area contributed by atoms with Crippen LogP contribution in [0.1, 0.15) is 39.2 Å². The molecule has 0 bridgehead atoms. The molecule has 0 spiro atoms. The molecular weight excluding hydrogens is 437 g/mol. The van der Waals surface area contributed by atoms with Crippen molar-refractivity contribution in [1.29, 1.82) is 0 Å². The van der Waals surface area contributed by atoms with Gasteiger partial charge in [0, 0.05) is 6.07 Å². The largest absolute Gasteiger partial charge is 0.448 e. The molecule has 0 aliphatic heterocycles. The quantitative estimate of drug-likeness (QED) is 0.240. The van der Waals surface area contributed by atoms with Crippen LogP contribution in [0.2, 0.25) is 5.02 Å². The normalized spacial score (nSPS) is 18.9. The lowest BCUT2D eigenvalue weighted by Crippen LogP contribution is -2.42. The molecule has 1 aliphatic rings. The second kappa shape index (κ2) is 5.86. The zero-order valence-corrected chi connectivity index (χ0v) is 15.8. The Morgan fingerprint density at radius 1 is 1.43 bits per heavy atom. The highest BCUT2D eigenvalue weighted by Crippen LogP contribution is 2.60. The lowest BCUT2D eigenvalue weighted by Gasteiger charge is -2.33. The first-order valence-electron chi connectivity index (χ1n) is 7.00. The molecule has 1 N–H and O–H groups in total. The second-order valence-electron chi connectivity index (χ2n) is 6.33. The molecule has 1 atom stereocenters. The van der Waals surface area contributed by atoms with Crippen molar-refractivity contribution in [3.63, 3.8) is 0 Å². The van der Waals surface area contributed by atoms with E-state index in [1.165, 1.54) is 25.1 Å². The molecule has 1 fully saturated rings. The topological polar surface area (TPSA) is 89.7 Å². The number of esters is 1. The van der Waals surface area contributed by atoms with Gasteiger partial charge in [-0.25, -0.2) is 0 Å². The molecule has 1 aliphatic carbocycles. The third kappa shape index (κ3) is 3.46. The summed E-state index contributed by atoms with van der Waals surface area (Å²) in [5.74, 6) is -0.500. The van der Waals surface area contributed by atoms with Crippen LogP contribution in [-0.4, -0.2) is 19.6 Å². The summed E-state index contributed by atoms with van der Waals surface area (Å²) in [5, 5.41) is 22.0. The van der Waals surface area contributed by atoms with Gasteiger partial charge in [0.15, 0.2) is 3.61 Å². The number of carbonyl (C=O) groups is 1. The number of carbonyl (C=O) groups excluding carboxylic acids is 1. The molecule has 1 aromatic carbocycles. The van der Waals surface area contributed by atoms with Crippen molar-refractivity contribution in [2.24, 2.45) is 5.41 Å². The molecule has 6 nitrogen and oxygen atoms in total. The van der Waals surface area contributed by atoms with Gasteiger partial charge in [-0.15, -0.1) is 0 Å². The Balaban J connectivity index is 2.40. The van der Waals surface area contributed by atoms with Crippen molar-refractivity contribution >= 4 is 45.8 Å². The van der Waals surface area contributed by atoms with Crippen LogP contribution in [0.4, 0.5) is 5.69 Å². The van der Waals surface area contributed by atoms with Gasteiger partial charge in [0.1, 0.15) is 16.0 Å². The monoisotopic (exact) mass is 453 g/mol. The van der Waals surface area contributed by atoms with Crippen LogP contribution in [0.3, 0.4) is 0 Å².